The SMILES string of the molecule is CC(C)(CNC(=O)CC1CSCCN1)N1CCc2ccccc2C1. The molecule has 1 fully saturated rings. The van der Waals surface area contributed by atoms with Gasteiger partial charge in [-0.3, -0.25) is 9.69 Å². The second-order valence-electron chi connectivity index (χ2n) is 7.46. The van der Waals surface area contributed by atoms with Crippen LogP contribution in [0.3, 0.4) is 0 Å². The van der Waals surface area contributed by atoms with Crippen molar-refractivity contribution in [1.82, 2.24) is 15.5 Å². The lowest BCUT2D eigenvalue weighted by atomic mass is 9.94. The molecule has 1 aromatic rings. The number of carbonyl (C=O) groups excluding carboxylic acids is 1. The lowest BCUT2D eigenvalue weighted by Gasteiger charge is -2.41. The average molecular weight is 348 g/mol. The van der Waals surface area contributed by atoms with Gasteiger partial charge in [-0.1, -0.05) is 24.3 Å². The number of thioether (sulfide) groups is 1. The Morgan fingerprint density at radius 1 is 1.38 bits per heavy atom. The van der Waals surface area contributed by atoms with Crippen LogP contribution in [0.5, 0.6) is 0 Å². The van der Waals surface area contributed by atoms with Gasteiger partial charge in [-0.05, 0) is 31.4 Å². The maximum atomic E-state index is 12.3. The van der Waals surface area contributed by atoms with Gasteiger partial charge in [0.25, 0.3) is 0 Å². The minimum absolute atomic E-state index is 0.0298. The van der Waals surface area contributed by atoms with E-state index in [0.29, 0.717) is 19.0 Å². The molecule has 2 aliphatic rings. The molecule has 2 heterocycles. The molecular formula is C19H29N3OS. The third-order valence-electron chi connectivity index (χ3n) is 5.14. The molecule has 0 bridgehead atoms. The van der Waals surface area contributed by atoms with Crippen LogP contribution in [-0.2, 0) is 17.8 Å². The van der Waals surface area contributed by atoms with Crippen LogP contribution in [0, 0.1) is 0 Å². The average Bonchev–Trinajstić information content (AvgIpc) is 2.60. The summed E-state index contributed by atoms with van der Waals surface area (Å²) in [5.41, 5.74) is 2.86. The Hall–Kier alpha value is -1.04. The topological polar surface area (TPSA) is 44.4 Å². The number of nitrogens with zero attached hydrogens (tertiary/aromatic N) is 1. The Morgan fingerprint density at radius 2 is 2.17 bits per heavy atom. The molecule has 1 saturated heterocycles. The van der Waals surface area contributed by atoms with Crippen LogP contribution in [-0.4, -0.2) is 53.5 Å². The molecule has 132 valence electrons. The van der Waals surface area contributed by atoms with E-state index >= 15 is 0 Å². The highest BCUT2D eigenvalue weighted by Gasteiger charge is 2.30. The number of fused-ring (bicyclic) bond motifs is 1. The van der Waals surface area contributed by atoms with E-state index in [1.807, 2.05) is 11.8 Å². The van der Waals surface area contributed by atoms with Gasteiger partial charge in [-0.15, -0.1) is 0 Å². The summed E-state index contributed by atoms with van der Waals surface area (Å²) in [5.74, 6) is 2.36. The van der Waals surface area contributed by atoms with E-state index in [-0.39, 0.29) is 11.4 Å². The summed E-state index contributed by atoms with van der Waals surface area (Å²) in [7, 11) is 0. The van der Waals surface area contributed by atoms with Crippen LogP contribution in [0.25, 0.3) is 0 Å². The van der Waals surface area contributed by atoms with Gasteiger partial charge in [0.2, 0.25) is 5.91 Å². The van der Waals surface area contributed by atoms with Crippen LogP contribution in [0.4, 0.5) is 0 Å². The Balaban J connectivity index is 1.49. The lowest BCUT2D eigenvalue weighted by molar-refractivity contribution is -0.122. The summed E-state index contributed by atoms with van der Waals surface area (Å²) in [6.45, 7) is 8.21. The molecule has 3 rings (SSSR count). The van der Waals surface area contributed by atoms with Gasteiger partial charge < -0.3 is 10.6 Å². The van der Waals surface area contributed by atoms with Gasteiger partial charge >= 0.3 is 0 Å². The quantitative estimate of drug-likeness (QED) is 0.855. The third kappa shape index (κ3) is 4.52. The molecular weight excluding hydrogens is 318 g/mol. The lowest BCUT2D eigenvalue weighted by Crippen LogP contribution is -2.53. The van der Waals surface area contributed by atoms with Gasteiger partial charge in [0, 0.05) is 55.7 Å². The molecule has 4 nitrogen and oxygen atoms in total. The number of rotatable bonds is 5. The first kappa shape index (κ1) is 17.8. The highest BCUT2D eigenvalue weighted by Crippen LogP contribution is 2.25. The first-order valence-electron chi connectivity index (χ1n) is 8.94. The Labute approximate surface area is 149 Å². The van der Waals surface area contributed by atoms with Crippen molar-refractivity contribution in [2.24, 2.45) is 0 Å². The Morgan fingerprint density at radius 3 is 2.92 bits per heavy atom. The fourth-order valence-corrected chi connectivity index (χ4v) is 4.43. The summed E-state index contributed by atoms with van der Waals surface area (Å²) < 4.78 is 0. The molecule has 1 atom stereocenters. The number of carbonyl (C=O) groups is 1. The molecule has 1 amide bonds. The molecule has 0 spiro atoms. The molecule has 0 radical (unpaired) electrons. The fourth-order valence-electron chi connectivity index (χ4n) is 3.49. The van der Waals surface area contributed by atoms with E-state index in [1.54, 1.807) is 0 Å². The highest BCUT2D eigenvalue weighted by atomic mass is 32.2. The van der Waals surface area contributed by atoms with Crippen molar-refractivity contribution < 1.29 is 4.79 Å². The van der Waals surface area contributed by atoms with Crippen LogP contribution < -0.4 is 10.6 Å². The number of hydrogen-bond acceptors (Lipinski definition) is 4. The standard InChI is InChI=1S/C19H29N3OS/c1-19(2,14-21-18(23)11-17-13-24-10-8-20-17)22-9-7-15-5-3-4-6-16(15)12-22/h3-6,17,20H,7-14H2,1-2H3,(H,21,23). The van der Waals surface area contributed by atoms with E-state index in [0.717, 1.165) is 37.6 Å². The summed E-state index contributed by atoms with van der Waals surface area (Å²) in [6, 6.07) is 9.02. The fraction of sp³-hybridized carbons (Fsp3) is 0.632. The number of hydrogen-bond donors (Lipinski definition) is 2. The second kappa shape index (κ2) is 7.89. The zero-order valence-electron chi connectivity index (χ0n) is 14.8. The zero-order chi connectivity index (χ0) is 17.0. The van der Waals surface area contributed by atoms with E-state index < -0.39 is 0 Å². The van der Waals surface area contributed by atoms with Crippen LogP contribution >= 0.6 is 11.8 Å². The van der Waals surface area contributed by atoms with Gasteiger partial charge in [0.1, 0.15) is 0 Å². The Kier molecular flexibility index (Phi) is 5.85. The van der Waals surface area contributed by atoms with Gasteiger partial charge in [-0.25, -0.2) is 0 Å². The zero-order valence-corrected chi connectivity index (χ0v) is 15.6. The van der Waals surface area contributed by atoms with Gasteiger partial charge in [-0.2, -0.15) is 11.8 Å². The molecule has 2 aliphatic heterocycles. The maximum absolute atomic E-state index is 12.3. The largest absolute Gasteiger partial charge is 0.354 e. The van der Waals surface area contributed by atoms with Crippen molar-refractivity contribution in [3.05, 3.63) is 35.4 Å². The van der Waals surface area contributed by atoms with Crippen molar-refractivity contribution in [2.75, 3.05) is 31.1 Å². The molecule has 1 unspecified atom stereocenters. The summed E-state index contributed by atoms with van der Waals surface area (Å²) in [5, 5.41) is 6.59. The summed E-state index contributed by atoms with van der Waals surface area (Å²) in [4.78, 5) is 14.8. The normalized spacial score (nSPS) is 22.0. The first-order valence-corrected chi connectivity index (χ1v) is 10.1. The number of amides is 1. The van der Waals surface area contributed by atoms with Crippen molar-refractivity contribution >= 4 is 17.7 Å². The minimum atomic E-state index is -0.0298. The maximum Gasteiger partial charge on any atom is 0.221 e. The molecule has 24 heavy (non-hydrogen) atoms. The monoisotopic (exact) mass is 347 g/mol. The predicted octanol–water partition coefficient (Wildman–Crippen LogP) is 2.03. The minimum Gasteiger partial charge on any atom is -0.354 e. The van der Waals surface area contributed by atoms with Crippen LogP contribution in [0.2, 0.25) is 0 Å². The second-order valence-corrected chi connectivity index (χ2v) is 8.61. The molecule has 1 aromatic carbocycles. The summed E-state index contributed by atoms with van der Waals surface area (Å²) in [6.07, 6.45) is 1.68. The van der Waals surface area contributed by atoms with E-state index in [4.69, 9.17) is 0 Å². The van der Waals surface area contributed by atoms with Crippen molar-refractivity contribution in [2.45, 2.75) is 44.8 Å². The third-order valence-corrected chi connectivity index (χ3v) is 6.27. The molecule has 5 heteroatoms. The van der Waals surface area contributed by atoms with Gasteiger partial charge in [0.15, 0.2) is 0 Å². The molecule has 0 aromatic heterocycles. The first-order chi connectivity index (χ1) is 11.5. The smallest absolute Gasteiger partial charge is 0.221 e. The van der Waals surface area contributed by atoms with E-state index in [1.165, 1.54) is 11.1 Å². The number of nitrogens with one attached hydrogen (secondary N) is 2. The van der Waals surface area contributed by atoms with E-state index in [2.05, 4.69) is 53.6 Å². The molecule has 0 aliphatic carbocycles. The highest BCUT2D eigenvalue weighted by molar-refractivity contribution is 7.99. The van der Waals surface area contributed by atoms with Crippen LogP contribution in [0.15, 0.2) is 24.3 Å². The molecule has 0 saturated carbocycles. The van der Waals surface area contributed by atoms with Crippen molar-refractivity contribution in [3.8, 4) is 0 Å². The van der Waals surface area contributed by atoms with Crippen LogP contribution in [0.1, 0.15) is 31.4 Å². The van der Waals surface area contributed by atoms with Crippen molar-refractivity contribution in [1.29, 1.82) is 0 Å². The van der Waals surface area contributed by atoms with Gasteiger partial charge in [0.05, 0.1) is 0 Å². The Bertz CT molecular complexity index is 569. The predicted molar refractivity (Wildman–Crippen MR) is 101 cm³/mol. The van der Waals surface area contributed by atoms with Crippen molar-refractivity contribution in [3.63, 3.8) is 0 Å². The summed E-state index contributed by atoms with van der Waals surface area (Å²) >= 11 is 1.93. The molecule has 2 N–H and O–H groups in total. The number of benzene rings is 1. The van der Waals surface area contributed by atoms with E-state index in [9.17, 15) is 4.79 Å².